The van der Waals surface area contributed by atoms with Crippen LogP contribution in [0.3, 0.4) is 0 Å². The molecule has 2 fully saturated rings. The summed E-state index contributed by atoms with van der Waals surface area (Å²) in [6.07, 6.45) is 5.17. The third kappa shape index (κ3) is 5.32. The van der Waals surface area contributed by atoms with E-state index in [1.165, 1.54) is 11.1 Å². The molecule has 0 radical (unpaired) electrons. The molecule has 1 aliphatic carbocycles. The maximum absolute atomic E-state index is 13.7. The lowest BCUT2D eigenvalue weighted by Gasteiger charge is -2.44. The van der Waals surface area contributed by atoms with Crippen LogP contribution >= 0.6 is 0 Å². The van der Waals surface area contributed by atoms with Crippen molar-refractivity contribution in [2.24, 2.45) is 11.8 Å². The molecule has 5 rings (SSSR count). The highest BCUT2D eigenvalue weighted by Gasteiger charge is 2.34. The van der Waals surface area contributed by atoms with Crippen molar-refractivity contribution >= 4 is 28.4 Å². The summed E-state index contributed by atoms with van der Waals surface area (Å²) in [7, 11) is 0. The van der Waals surface area contributed by atoms with Crippen LogP contribution in [0.2, 0.25) is 0 Å². The summed E-state index contributed by atoms with van der Waals surface area (Å²) in [4.78, 5) is 47.4. The number of rotatable bonds is 6. The Labute approximate surface area is 225 Å². The number of ketones is 2. The summed E-state index contributed by atoms with van der Waals surface area (Å²) < 4.78 is 0. The number of nitrogens with one attached hydrogen (secondary N) is 1. The fourth-order valence-corrected chi connectivity index (χ4v) is 6.19. The zero-order valence-corrected chi connectivity index (χ0v) is 23.0. The minimum absolute atomic E-state index is 0.0337. The number of H-pyrrole nitrogens is 1. The van der Waals surface area contributed by atoms with Crippen molar-refractivity contribution < 1.29 is 14.4 Å². The van der Waals surface area contributed by atoms with E-state index in [0.717, 1.165) is 44.3 Å². The van der Waals surface area contributed by atoms with Crippen LogP contribution < -0.4 is 0 Å². The quantitative estimate of drug-likeness (QED) is 0.335. The Bertz CT molecular complexity index is 1350. The van der Waals surface area contributed by atoms with E-state index < -0.39 is 5.78 Å². The molecule has 2 unspecified atom stereocenters. The topological polar surface area (TPSA) is 73.5 Å². The van der Waals surface area contributed by atoms with Gasteiger partial charge in [-0.15, -0.1) is 0 Å². The van der Waals surface area contributed by atoms with E-state index in [9.17, 15) is 14.4 Å². The Morgan fingerprint density at radius 3 is 2.42 bits per heavy atom. The van der Waals surface area contributed by atoms with Gasteiger partial charge in [-0.2, -0.15) is 0 Å². The number of aromatic amines is 1. The van der Waals surface area contributed by atoms with Gasteiger partial charge in [0, 0.05) is 60.3 Å². The van der Waals surface area contributed by atoms with Gasteiger partial charge in [-0.1, -0.05) is 49.6 Å². The van der Waals surface area contributed by atoms with Gasteiger partial charge in [0.15, 0.2) is 0 Å². The maximum atomic E-state index is 13.7. The number of aromatic nitrogens is 1. The molecule has 0 spiro atoms. The molecule has 1 aliphatic heterocycles. The highest BCUT2D eigenvalue weighted by molar-refractivity contribution is 6.46. The third-order valence-electron chi connectivity index (χ3n) is 8.63. The van der Waals surface area contributed by atoms with Crippen LogP contribution in [0.15, 0.2) is 48.7 Å². The molecule has 6 nitrogen and oxygen atoms in total. The molecule has 1 saturated carbocycles. The van der Waals surface area contributed by atoms with E-state index in [-0.39, 0.29) is 29.7 Å². The number of fused-ring (bicyclic) bond motifs is 1. The van der Waals surface area contributed by atoms with Crippen molar-refractivity contribution in [1.29, 1.82) is 0 Å². The number of piperazine rings is 1. The van der Waals surface area contributed by atoms with Gasteiger partial charge in [-0.3, -0.25) is 19.3 Å². The van der Waals surface area contributed by atoms with Gasteiger partial charge in [-0.05, 0) is 63.3 Å². The SMILES string of the molecule is Cc1cccc(CN2CC(C)N(C(=O)c3ccc4[nH]cc(C(=O)C(=O)C5CCC(C)CC5)c4c3)CC2C)c1. The molecule has 0 bridgehead atoms. The molecule has 2 aliphatic rings. The van der Waals surface area contributed by atoms with Crippen molar-refractivity contribution in [3.8, 4) is 0 Å². The van der Waals surface area contributed by atoms with Crippen molar-refractivity contribution in [3.63, 3.8) is 0 Å². The fourth-order valence-electron chi connectivity index (χ4n) is 6.19. The van der Waals surface area contributed by atoms with Crippen LogP contribution in [-0.2, 0) is 11.3 Å². The maximum Gasteiger partial charge on any atom is 0.254 e. The number of amides is 1. The van der Waals surface area contributed by atoms with Crippen LogP contribution in [0, 0.1) is 18.8 Å². The van der Waals surface area contributed by atoms with Crippen LogP contribution in [0.4, 0.5) is 0 Å². The van der Waals surface area contributed by atoms with Crippen molar-refractivity contribution in [3.05, 3.63) is 70.9 Å². The van der Waals surface area contributed by atoms with Gasteiger partial charge < -0.3 is 9.88 Å². The molecule has 2 heterocycles. The second-order valence-electron chi connectivity index (χ2n) is 11.7. The molecule has 200 valence electrons. The largest absolute Gasteiger partial charge is 0.360 e. The van der Waals surface area contributed by atoms with Gasteiger partial charge in [0.05, 0.1) is 5.56 Å². The Kier molecular flexibility index (Phi) is 7.53. The van der Waals surface area contributed by atoms with E-state index in [2.05, 4.69) is 61.8 Å². The number of aryl methyl sites for hydroxylation is 1. The van der Waals surface area contributed by atoms with Crippen LogP contribution in [0.5, 0.6) is 0 Å². The van der Waals surface area contributed by atoms with Gasteiger partial charge in [0.1, 0.15) is 0 Å². The Balaban J connectivity index is 1.31. The first-order chi connectivity index (χ1) is 18.2. The lowest BCUT2D eigenvalue weighted by Crippen LogP contribution is -2.57. The van der Waals surface area contributed by atoms with Gasteiger partial charge in [-0.25, -0.2) is 0 Å². The van der Waals surface area contributed by atoms with Crippen molar-refractivity contribution in [1.82, 2.24) is 14.8 Å². The summed E-state index contributed by atoms with van der Waals surface area (Å²) in [5, 5.41) is 0.650. The molecule has 1 amide bonds. The number of carbonyl (C=O) groups excluding carboxylic acids is 3. The van der Waals surface area contributed by atoms with E-state index >= 15 is 0 Å². The standard InChI is InChI=1S/C32H39N3O3/c1-20-8-10-25(11-9-20)30(36)31(37)28-16-33-29-13-12-26(15-27(28)29)32(38)35-18-22(3)34(17-23(35)4)19-24-7-5-6-21(2)14-24/h5-7,12-16,20,22-23,25,33H,8-11,17-19H2,1-4H3. The Morgan fingerprint density at radius 1 is 0.921 bits per heavy atom. The normalized spacial score (nSPS) is 24.5. The van der Waals surface area contributed by atoms with Gasteiger partial charge in [0.2, 0.25) is 11.6 Å². The number of carbonyl (C=O) groups is 3. The van der Waals surface area contributed by atoms with Crippen LogP contribution in [-0.4, -0.2) is 57.4 Å². The number of hydrogen-bond donors (Lipinski definition) is 1. The molecule has 3 aromatic rings. The average molecular weight is 514 g/mol. The lowest BCUT2D eigenvalue weighted by molar-refractivity contribution is -0.119. The first kappa shape index (κ1) is 26.4. The van der Waals surface area contributed by atoms with E-state index in [1.807, 2.05) is 17.0 Å². The number of hydrogen-bond acceptors (Lipinski definition) is 4. The molecule has 1 saturated heterocycles. The molecular weight excluding hydrogens is 474 g/mol. The predicted octanol–water partition coefficient (Wildman–Crippen LogP) is 5.79. The summed E-state index contributed by atoms with van der Waals surface area (Å²) in [5.41, 5.74) is 4.24. The highest BCUT2D eigenvalue weighted by Crippen LogP contribution is 2.31. The number of benzene rings is 2. The highest BCUT2D eigenvalue weighted by atomic mass is 16.2. The van der Waals surface area contributed by atoms with Crippen LogP contribution in [0.25, 0.3) is 10.9 Å². The lowest BCUT2D eigenvalue weighted by atomic mass is 9.79. The van der Waals surface area contributed by atoms with Gasteiger partial charge in [0.25, 0.3) is 5.91 Å². The zero-order chi connectivity index (χ0) is 27.0. The monoisotopic (exact) mass is 513 g/mol. The predicted molar refractivity (Wildman–Crippen MR) is 150 cm³/mol. The van der Waals surface area contributed by atoms with Gasteiger partial charge >= 0.3 is 0 Å². The van der Waals surface area contributed by atoms with E-state index in [0.29, 0.717) is 29.0 Å². The first-order valence-electron chi connectivity index (χ1n) is 14.0. The molecule has 2 atom stereocenters. The average Bonchev–Trinajstić information content (AvgIpc) is 3.33. The summed E-state index contributed by atoms with van der Waals surface area (Å²) in [6, 6.07) is 14.3. The second kappa shape index (κ2) is 10.9. The summed E-state index contributed by atoms with van der Waals surface area (Å²) in [6.45, 7) is 10.9. The molecule has 6 heteroatoms. The summed E-state index contributed by atoms with van der Waals surface area (Å²) >= 11 is 0. The van der Waals surface area contributed by atoms with Crippen LogP contribution in [0.1, 0.15) is 78.3 Å². The number of nitrogens with zero attached hydrogens (tertiary/aromatic N) is 2. The fraction of sp³-hybridized carbons (Fsp3) is 0.469. The minimum Gasteiger partial charge on any atom is -0.360 e. The second-order valence-corrected chi connectivity index (χ2v) is 11.7. The smallest absolute Gasteiger partial charge is 0.254 e. The Hall–Kier alpha value is -3.25. The van der Waals surface area contributed by atoms with Crippen molar-refractivity contribution in [2.75, 3.05) is 13.1 Å². The Morgan fingerprint density at radius 2 is 1.68 bits per heavy atom. The van der Waals surface area contributed by atoms with E-state index in [1.54, 1.807) is 12.3 Å². The molecule has 38 heavy (non-hydrogen) atoms. The molecular formula is C32H39N3O3. The zero-order valence-electron chi connectivity index (χ0n) is 23.0. The molecule has 1 N–H and O–H groups in total. The molecule has 2 aromatic carbocycles. The summed E-state index contributed by atoms with van der Waals surface area (Å²) in [5.74, 6) is -0.334. The third-order valence-corrected chi connectivity index (χ3v) is 8.63. The first-order valence-corrected chi connectivity index (χ1v) is 14.0. The minimum atomic E-state index is -0.438. The van der Waals surface area contributed by atoms with E-state index in [4.69, 9.17) is 0 Å². The molecule has 1 aromatic heterocycles. The van der Waals surface area contributed by atoms with Crippen molar-refractivity contribution in [2.45, 2.75) is 72.0 Å². The number of Topliss-reactive ketones (excluding diaryl/α,β-unsaturated/α-hetero) is 2.